The fourth-order valence-corrected chi connectivity index (χ4v) is 2.25. The highest BCUT2D eigenvalue weighted by Crippen LogP contribution is 2.29. The van der Waals surface area contributed by atoms with Gasteiger partial charge in [-0.15, -0.1) is 0 Å². The molecule has 0 saturated carbocycles. The average molecular weight is 307 g/mol. The number of nitrogens with zero attached hydrogens (tertiary/aromatic N) is 4. The Labute approximate surface area is 132 Å². The quantitative estimate of drug-likeness (QED) is 0.730. The number of carbonyl (C=O) groups is 1. The van der Waals surface area contributed by atoms with Gasteiger partial charge in [0, 0.05) is 23.3 Å². The van der Waals surface area contributed by atoms with E-state index in [1.54, 1.807) is 35.0 Å². The molecule has 0 aliphatic carbocycles. The Hall–Kier alpha value is -3.40. The number of anilines is 1. The Bertz CT molecular complexity index is 910. The number of nitriles is 1. The summed E-state index contributed by atoms with van der Waals surface area (Å²) in [5, 5.41) is 12.3. The van der Waals surface area contributed by atoms with Gasteiger partial charge in [0.25, 0.3) is 0 Å². The van der Waals surface area contributed by atoms with Crippen molar-refractivity contribution in [2.75, 3.05) is 11.9 Å². The fourth-order valence-electron chi connectivity index (χ4n) is 2.25. The third-order valence-corrected chi connectivity index (χ3v) is 3.24. The number of benzene rings is 1. The first-order valence-electron chi connectivity index (χ1n) is 6.97. The van der Waals surface area contributed by atoms with Crippen LogP contribution in [0.2, 0.25) is 0 Å². The molecule has 0 aliphatic heterocycles. The van der Waals surface area contributed by atoms with Gasteiger partial charge >= 0.3 is 0 Å². The monoisotopic (exact) mass is 307 g/mol. The summed E-state index contributed by atoms with van der Waals surface area (Å²) in [6.45, 7) is 2.39. The average Bonchev–Trinajstić information content (AvgIpc) is 3.05. The second-order valence-corrected chi connectivity index (χ2v) is 4.68. The molecule has 0 saturated heterocycles. The largest absolute Gasteiger partial charge is 0.493 e. The van der Waals surface area contributed by atoms with E-state index in [0.717, 1.165) is 10.9 Å². The van der Waals surface area contributed by atoms with E-state index in [0.29, 0.717) is 36.0 Å². The van der Waals surface area contributed by atoms with Crippen LogP contribution in [-0.2, 0) is 4.79 Å². The zero-order valence-corrected chi connectivity index (χ0v) is 12.4. The standard InChI is InChI=1S/C16H13N5O2/c1-2-23-15-6-16(21-8-12(7-17)18-9-21)20-14-4-3-11(19-10-22)5-13(14)15/h3-6,8-10H,2H2,1H3,(H,19,22). The highest BCUT2D eigenvalue weighted by molar-refractivity contribution is 5.90. The molecule has 1 aromatic carbocycles. The number of hydrogen-bond acceptors (Lipinski definition) is 5. The van der Waals surface area contributed by atoms with Crippen LogP contribution in [0.3, 0.4) is 0 Å². The van der Waals surface area contributed by atoms with Gasteiger partial charge in [0.2, 0.25) is 6.41 Å². The lowest BCUT2D eigenvalue weighted by atomic mass is 10.1. The van der Waals surface area contributed by atoms with Crippen molar-refractivity contribution >= 4 is 23.0 Å². The number of aromatic nitrogens is 3. The summed E-state index contributed by atoms with van der Waals surface area (Å²) in [6, 6.07) is 9.13. The van der Waals surface area contributed by atoms with Crippen molar-refractivity contribution in [2.45, 2.75) is 6.92 Å². The number of carbonyl (C=O) groups excluding carboxylic acids is 1. The van der Waals surface area contributed by atoms with Crippen molar-refractivity contribution < 1.29 is 9.53 Å². The summed E-state index contributed by atoms with van der Waals surface area (Å²) >= 11 is 0. The lowest BCUT2D eigenvalue weighted by molar-refractivity contribution is -0.105. The SMILES string of the molecule is CCOc1cc(-n2cnc(C#N)c2)nc2ccc(NC=O)cc12. The first-order valence-corrected chi connectivity index (χ1v) is 6.97. The molecule has 3 rings (SSSR count). The zero-order valence-electron chi connectivity index (χ0n) is 12.4. The molecule has 0 unspecified atom stereocenters. The summed E-state index contributed by atoms with van der Waals surface area (Å²) in [5.41, 5.74) is 1.70. The van der Waals surface area contributed by atoms with Gasteiger partial charge < -0.3 is 10.1 Å². The smallest absolute Gasteiger partial charge is 0.211 e. The molecule has 114 valence electrons. The predicted octanol–water partition coefficient (Wildman–Crippen LogP) is 2.26. The normalized spacial score (nSPS) is 10.3. The maximum absolute atomic E-state index is 10.6. The number of ether oxygens (including phenoxy) is 1. The van der Waals surface area contributed by atoms with E-state index in [9.17, 15) is 4.79 Å². The molecular weight excluding hydrogens is 294 g/mol. The van der Waals surface area contributed by atoms with Gasteiger partial charge in [-0.25, -0.2) is 9.97 Å². The molecule has 3 aromatic rings. The number of hydrogen-bond donors (Lipinski definition) is 1. The van der Waals surface area contributed by atoms with E-state index in [2.05, 4.69) is 15.3 Å². The number of amides is 1. The maximum atomic E-state index is 10.6. The molecule has 0 atom stereocenters. The van der Waals surface area contributed by atoms with Crippen LogP contribution in [0.5, 0.6) is 5.75 Å². The lowest BCUT2D eigenvalue weighted by Crippen LogP contribution is -2.00. The Morgan fingerprint density at radius 1 is 1.43 bits per heavy atom. The van der Waals surface area contributed by atoms with E-state index in [-0.39, 0.29) is 0 Å². The van der Waals surface area contributed by atoms with Crippen LogP contribution >= 0.6 is 0 Å². The molecule has 2 aromatic heterocycles. The van der Waals surface area contributed by atoms with Crippen LogP contribution in [0.25, 0.3) is 16.7 Å². The van der Waals surface area contributed by atoms with Crippen LogP contribution in [0, 0.1) is 11.3 Å². The third-order valence-electron chi connectivity index (χ3n) is 3.24. The molecule has 7 nitrogen and oxygen atoms in total. The van der Waals surface area contributed by atoms with Crippen molar-refractivity contribution in [1.29, 1.82) is 5.26 Å². The predicted molar refractivity (Wildman–Crippen MR) is 84.4 cm³/mol. The van der Waals surface area contributed by atoms with Crippen molar-refractivity contribution in [3.63, 3.8) is 0 Å². The molecule has 0 radical (unpaired) electrons. The van der Waals surface area contributed by atoms with Gasteiger partial charge in [0.05, 0.1) is 12.1 Å². The Morgan fingerprint density at radius 2 is 2.30 bits per heavy atom. The van der Waals surface area contributed by atoms with Crippen LogP contribution in [-0.4, -0.2) is 27.6 Å². The minimum Gasteiger partial charge on any atom is -0.493 e. The number of rotatable bonds is 5. The van der Waals surface area contributed by atoms with E-state index in [4.69, 9.17) is 10.00 Å². The molecule has 7 heteroatoms. The summed E-state index contributed by atoms with van der Waals surface area (Å²) in [6.07, 6.45) is 3.76. The van der Waals surface area contributed by atoms with Crippen molar-refractivity contribution in [2.24, 2.45) is 0 Å². The molecule has 0 aliphatic rings. The van der Waals surface area contributed by atoms with E-state index in [1.165, 1.54) is 6.33 Å². The van der Waals surface area contributed by atoms with Gasteiger partial charge in [-0.1, -0.05) is 0 Å². The molecule has 1 N–H and O–H groups in total. The van der Waals surface area contributed by atoms with E-state index < -0.39 is 0 Å². The number of imidazole rings is 1. The number of pyridine rings is 1. The molecular formula is C16H13N5O2. The second-order valence-electron chi connectivity index (χ2n) is 4.68. The molecule has 2 heterocycles. The van der Waals surface area contributed by atoms with Gasteiger partial charge in [-0.2, -0.15) is 5.26 Å². The minimum atomic E-state index is 0.315. The number of fused-ring (bicyclic) bond motifs is 1. The topological polar surface area (TPSA) is 92.8 Å². The maximum Gasteiger partial charge on any atom is 0.211 e. The first-order chi connectivity index (χ1) is 11.2. The van der Waals surface area contributed by atoms with Gasteiger partial charge in [0.15, 0.2) is 5.69 Å². The Balaban J connectivity index is 2.16. The van der Waals surface area contributed by atoms with Crippen LogP contribution in [0.1, 0.15) is 12.6 Å². The molecule has 0 fully saturated rings. The van der Waals surface area contributed by atoms with Crippen LogP contribution in [0.4, 0.5) is 5.69 Å². The van der Waals surface area contributed by atoms with E-state index in [1.807, 2.05) is 13.0 Å². The van der Waals surface area contributed by atoms with E-state index >= 15 is 0 Å². The van der Waals surface area contributed by atoms with Gasteiger partial charge in [-0.05, 0) is 25.1 Å². The Kier molecular flexibility index (Phi) is 3.89. The van der Waals surface area contributed by atoms with Crippen molar-refractivity contribution in [3.8, 4) is 17.6 Å². The molecule has 0 bridgehead atoms. The van der Waals surface area contributed by atoms with Gasteiger partial charge in [0.1, 0.15) is 24.0 Å². The Morgan fingerprint density at radius 3 is 3.00 bits per heavy atom. The zero-order chi connectivity index (χ0) is 16.2. The summed E-state index contributed by atoms with van der Waals surface area (Å²) in [4.78, 5) is 19.1. The lowest BCUT2D eigenvalue weighted by Gasteiger charge is -2.11. The van der Waals surface area contributed by atoms with Crippen molar-refractivity contribution in [1.82, 2.24) is 14.5 Å². The second kappa shape index (κ2) is 6.15. The minimum absolute atomic E-state index is 0.315. The van der Waals surface area contributed by atoms with Crippen LogP contribution in [0.15, 0.2) is 36.8 Å². The van der Waals surface area contributed by atoms with Crippen LogP contribution < -0.4 is 10.1 Å². The third kappa shape index (κ3) is 2.82. The molecule has 0 spiro atoms. The van der Waals surface area contributed by atoms with Gasteiger partial charge in [-0.3, -0.25) is 9.36 Å². The highest BCUT2D eigenvalue weighted by Gasteiger charge is 2.10. The molecule has 23 heavy (non-hydrogen) atoms. The first kappa shape index (κ1) is 14.5. The fraction of sp³-hybridized carbons (Fsp3) is 0.125. The number of nitrogens with one attached hydrogen (secondary N) is 1. The molecule has 1 amide bonds. The summed E-state index contributed by atoms with van der Waals surface area (Å²) in [5.74, 6) is 1.25. The highest BCUT2D eigenvalue weighted by atomic mass is 16.5. The van der Waals surface area contributed by atoms with Crippen molar-refractivity contribution in [3.05, 3.63) is 42.5 Å². The summed E-state index contributed by atoms with van der Waals surface area (Å²) < 4.78 is 7.36. The summed E-state index contributed by atoms with van der Waals surface area (Å²) in [7, 11) is 0.